The van der Waals surface area contributed by atoms with Crippen LogP contribution in [-0.2, 0) is 6.54 Å². The van der Waals surface area contributed by atoms with Crippen LogP contribution in [0.15, 0.2) is 48.5 Å². The van der Waals surface area contributed by atoms with E-state index in [0.29, 0.717) is 24.5 Å². The van der Waals surface area contributed by atoms with E-state index in [2.05, 4.69) is 30.0 Å². The zero-order valence-electron chi connectivity index (χ0n) is 15.3. The van der Waals surface area contributed by atoms with Crippen LogP contribution in [0.25, 0.3) is 22.2 Å². The van der Waals surface area contributed by atoms with Crippen molar-refractivity contribution < 1.29 is 10.2 Å². The van der Waals surface area contributed by atoms with Gasteiger partial charge in [-0.25, -0.2) is 4.98 Å². The number of para-hydroxylation sites is 1. The molecule has 0 aliphatic carbocycles. The Morgan fingerprint density at radius 1 is 1.11 bits per heavy atom. The lowest BCUT2D eigenvalue weighted by Gasteiger charge is -2.33. The minimum atomic E-state index is -0.705. The van der Waals surface area contributed by atoms with Gasteiger partial charge in [-0.05, 0) is 42.7 Å². The number of aromatic nitrogens is 1. The van der Waals surface area contributed by atoms with E-state index in [1.165, 1.54) is 0 Å². The number of hydrogen-bond donors (Lipinski definition) is 2. The maximum atomic E-state index is 10.0. The van der Waals surface area contributed by atoms with Crippen molar-refractivity contribution in [1.82, 2.24) is 9.88 Å². The van der Waals surface area contributed by atoms with E-state index in [1.807, 2.05) is 30.3 Å². The Labute approximate surface area is 164 Å². The first-order chi connectivity index (χ1) is 13.0. The molecule has 0 amide bonds. The summed E-state index contributed by atoms with van der Waals surface area (Å²) in [5, 5.41) is 21.6. The van der Waals surface area contributed by atoms with Crippen LogP contribution in [0.2, 0.25) is 5.02 Å². The minimum Gasteiger partial charge on any atom is -0.390 e. The lowest BCUT2D eigenvalue weighted by Crippen LogP contribution is -2.46. The van der Waals surface area contributed by atoms with Crippen molar-refractivity contribution in [3.63, 3.8) is 0 Å². The fourth-order valence-corrected chi connectivity index (χ4v) is 3.96. The second-order valence-corrected chi connectivity index (χ2v) is 7.75. The SMILES string of the molecule is Cc1cccc2cc(CN3CC[C@@H](O)[C@H](O)C3)c(-c3cccc(Cl)c3)nc12. The molecule has 0 saturated carbocycles. The van der Waals surface area contributed by atoms with Gasteiger partial charge >= 0.3 is 0 Å². The Balaban J connectivity index is 1.79. The summed E-state index contributed by atoms with van der Waals surface area (Å²) in [7, 11) is 0. The molecule has 5 heteroatoms. The number of aryl methyl sites for hydroxylation is 1. The van der Waals surface area contributed by atoms with E-state index in [1.54, 1.807) is 0 Å². The van der Waals surface area contributed by atoms with Crippen molar-refractivity contribution in [2.45, 2.75) is 32.1 Å². The van der Waals surface area contributed by atoms with Gasteiger partial charge in [-0.15, -0.1) is 0 Å². The summed E-state index contributed by atoms with van der Waals surface area (Å²) in [6.07, 6.45) is -0.761. The van der Waals surface area contributed by atoms with Gasteiger partial charge in [0.15, 0.2) is 0 Å². The Morgan fingerprint density at radius 2 is 1.93 bits per heavy atom. The molecule has 1 aromatic heterocycles. The lowest BCUT2D eigenvalue weighted by atomic mass is 9.99. The number of β-amino-alcohol motifs (C(OH)–C–C–N with tert-alkyl or cyclic N) is 1. The van der Waals surface area contributed by atoms with E-state index in [-0.39, 0.29) is 0 Å². The summed E-state index contributed by atoms with van der Waals surface area (Å²) in [4.78, 5) is 7.16. The Morgan fingerprint density at radius 3 is 2.70 bits per heavy atom. The van der Waals surface area contributed by atoms with Crippen LogP contribution in [0.3, 0.4) is 0 Å². The van der Waals surface area contributed by atoms with Gasteiger partial charge in [0, 0.05) is 35.6 Å². The Bertz CT molecular complexity index is 976. The molecule has 140 valence electrons. The van der Waals surface area contributed by atoms with Crippen molar-refractivity contribution in [3.05, 3.63) is 64.7 Å². The highest BCUT2D eigenvalue weighted by molar-refractivity contribution is 6.30. The maximum Gasteiger partial charge on any atom is 0.0926 e. The zero-order chi connectivity index (χ0) is 19.0. The van der Waals surface area contributed by atoms with Crippen LogP contribution in [0.5, 0.6) is 0 Å². The molecule has 0 bridgehead atoms. The Hall–Kier alpha value is -1.98. The summed E-state index contributed by atoms with van der Waals surface area (Å²) < 4.78 is 0. The van der Waals surface area contributed by atoms with Gasteiger partial charge < -0.3 is 10.2 Å². The molecule has 1 aliphatic rings. The molecule has 0 radical (unpaired) electrons. The second-order valence-electron chi connectivity index (χ2n) is 7.31. The summed E-state index contributed by atoms with van der Waals surface area (Å²) in [5.74, 6) is 0. The first-order valence-electron chi connectivity index (χ1n) is 9.25. The number of likely N-dealkylation sites (tertiary alicyclic amines) is 1. The van der Waals surface area contributed by atoms with Gasteiger partial charge in [0.05, 0.1) is 23.4 Å². The quantitative estimate of drug-likeness (QED) is 0.723. The van der Waals surface area contributed by atoms with E-state index in [9.17, 15) is 10.2 Å². The molecule has 0 spiro atoms. The van der Waals surface area contributed by atoms with E-state index < -0.39 is 12.2 Å². The molecule has 1 fully saturated rings. The van der Waals surface area contributed by atoms with Crippen molar-refractivity contribution in [2.75, 3.05) is 13.1 Å². The van der Waals surface area contributed by atoms with Gasteiger partial charge in [0.1, 0.15) is 0 Å². The third kappa shape index (κ3) is 3.85. The van der Waals surface area contributed by atoms with Crippen molar-refractivity contribution >= 4 is 22.5 Å². The van der Waals surface area contributed by atoms with Gasteiger partial charge in [0.25, 0.3) is 0 Å². The number of benzene rings is 2. The number of fused-ring (bicyclic) bond motifs is 1. The number of piperidine rings is 1. The highest BCUT2D eigenvalue weighted by Gasteiger charge is 2.26. The van der Waals surface area contributed by atoms with Crippen LogP contribution in [0, 0.1) is 6.92 Å². The topological polar surface area (TPSA) is 56.6 Å². The number of halogens is 1. The number of pyridine rings is 1. The number of rotatable bonds is 3. The smallest absolute Gasteiger partial charge is 0.0926 e. The largest absolute Gasteiger partial charge is 0.390 e. The van der Waals surface area contributed by atoms with Crippen LogP contribution in [0.4, 0.5) is 0 Å². The molecule has 2 atom stereocenters. The fourth-order valence-electron chi connectivity index (χ4n) is 3.77. The van der Waals surface area contributed by atoms with Gasteiger partial charge in [-0.2, -0.15) is 0 Å². The highest BCUT2D eigenvalue weighted by atomic mass is 35.5. The van der Waals surface area contributed by atoms with Crippen LogP contribution in [-0.4, -0.2) is 45.4 Å². The normalized spacial score (nSPS) is 20.9. The molecular formula is C22H23ClN2O2. The van der Waals surface area contributed by atoms with Crippen molar-refractivity contribution in [3.8, 4) is 11.3 Å². The monoisotopic (exact) mass is 382 g/mol. The highest BCUT2D eigenvalue weighted by Crippen LogP contribution is 2.30. The number of aliphatic hydroxyl groups excluding tert-OH is 2. The molecule has 0 unspecified atom stereocenters. The lowest BCUT2D eigenvalue weighted by molar-refractivity contribution is -0.0403. The van der Waals surface area contributed by atoms with Crippen LogP contribution in [0.1, 0.15) is 17.5 Å². The maximum absolute atomic E-state index is 10.0. The molecule has 2 heterocycles. The molecule has 3 aromatic rings. The fraction of sp³-hybridized carbons (Fsp3) is 0.318. The summed E-state index contributed by atoms with van der Waals surface area (Å²) >= 11 is 6.22. The molecule has 1 saturated heterocycles. The predicted octanol–water partition coefficient (Wildman–Crippen LogP) is 3.79. The molecule has 2 aromatic carbocycles. The summed E-state index contributed by atoms with van der Waals surface area (Å²) in [6.45, 7) is 3.95. The average Bonchev–Trinajstić information content (AvgIpc) is 2.65. The second kappa shape index (κ2) is 7.56. The number of hydrogen-bond acceptors (Lipinski definition) is 4. The van der Waals surface area contributed by atoms with Gasteiger partial charge in [-0.3, -0.25) is 4.90 Å². The van der Waals surface area contributed by atoms with Gasteiger partial charge in [0.2, 0.25) is 0 Å². The third-order valence-electron chi connectivity index (χ3n) is 5.25. The molecule has 4 rings (SSSR count). The molecule has 27 heavy (non-hydrogen) atoms. The van der Waals surface area contributed by atoms with Crippen molar-refractivity contribution in [2.24, 2.45) is 0 Å². The summed E-state index contributed by atoms with van der Waals surface area (Å²) in [5.41, 5.74) is 5.13. The minimum absolute atomic E-state index is 0.460. The zero-order valence-corrected chi connectivity index (χ0v) is 16.0. The van der Waals surface area contributed by atoms with E-state index in [0.717, 1.165) is 39.8 Å². The molecule has 1 aliphatic heterocycles. The van der Waals surface area contributed by atoms with Crippen LogP contribution >= 0.6 is 11.6 Å². The van der Waals surface area contributed by atoms with E-state index in [4.69, 9.17) is 16.6 Å². The predicted molar refractivity (Wildman–Crippen MR) is 109 cm³/mol. The van der Waals surface area contributed by atoms with Crippen LogP contribution < -0.4 is 0 Å². The van der Waals surface area contributed by atoms with Crippen molar-refractivity contribution in [1.29, 1.82) is 0 Å². The average molecular weight is 383 g/mol. The first kappa shape index (κ1) is 18.4. The molecule has 2 N–H and O–H groups in total. The molecular weight excluding hydrogens is 360 g/mol. The van der Waals surface area contributed by atoms with E-state index >= 15 is 0 Å². The van der Waals surface area contributed by atoms with Gasteiger partial charge in [-0.1, -0.05) is 41.9 Å². The standard InChI is InChI=1S/C22H23ClN2O2/c1-14-4-2-5-15-10-17(12-25-9-8-19(26)20(27)13-25)22(24-21(14)15)16-6-3-7-18(23)11-16/h2-7,10-11,19-20,26-27H,8-9,12-13H2,1H3/t19-,20-/m1/s1. The first-order valence-corrected chi connectivity index (χ1v) is 9.63. The number of nitrogens with zero attached hydrogens (tertiary/aromatic N) is 2. The summed E-state index contributed by atoms with van der Waals surface area (Å²) in [6, 6.07) is 16.1. The molecule has 4 nitrogen and oxygen atoms in total. The number of aliphatic hydroxyl groups is 2. The Kier molecular flexibility index (Phi) is 5.15. The third-order valence-corrected chi connectivity index (χ3v) is 5.48.